The molecule has 7 nitrogen and oxygen atoms in total. The van der Waals surface area contributed by atoms with Crippen LogP contribution in [-0.2, 0) is 24.1 Å². The molecule has 35 heavy (non-hydrogen) atoms. The number of morpholine rings is 1. The van der Waals surface area contributed by atoms with E-state index in [0.29, 0.717) is 36.4 Å². The van der Waals surface area contributed by atoms with Crippen molar-refractivity contribution in [2.45, 2.75) is 71.3 Å². The molecule has 1 amide bonds. The van der Waals surface area contributed by atoms with E-state index in [1.807, 2.05) is 51.3 Å². The van der Waals surface area contributed by atoms with Crippen molar-refractivity contribution in [1.82, 2.24) is 14.5 Å². The van der Waals surface area contributed by atoms with Gasteiger partial charge in [-0.15, -0.1) is 0 Å². The zero-order valence-corrected chi connectivity index (χ0v) is 21.1. The summed E-state index contributed by atoms with van der Waals surface area (Å²) in [4.78, 5) is 33.4. The third kappa shape index (κ3) is 4.57. The van der Waals surface area contributed by atoms with Crippen LogP contribution < -0.4 is 10.2 Å². The van der Waals surface area contributed by atoms with Crippen molar-refractivity contribution in [3.05, 3.63) is 69.6 Å². The minimum atomic E-state index is -0.498. The smallest absolute Gasteiger partial charge is 0.259 e. The van der Waals surface area contributed by atoms with Gasteiger partial charge in [0.25, 0.3) is 5.91 Å². The number of aromatic nitrogens is 2. The highest BCUT2D eigenvalue weighted by Gasteiger charge is 2.40. The second kappa shape index (κ2) is 8.48. The van der Waals surface area contributed by atoms with Crippen LogP contribution >= 0.6 is 0 Å². The SMILES string of the molecule is CCn1cc(C(=O)N2CC(C)(C)OC(C)(C)C2)c(=O)c2cc(OC3Cc4ccccc4C3)ncc21. The second-order valence-corrected chi connectivity index (χ2v) is 10.9. The fraction of sp³-hybridized carbons (Fsp3) is 0.464. The second-order valence-electron chi connectivity index (χ2n) is 10.9. The van der Waals surface area contributed by atoms with Crippen molar-refractivity contribution in [3.63, 3.8) is 0 Å². The Labute approximate surface area is 205 Å². The first-order valence-electron chi connectivity index (χ1n) is 12.3. The molecular weight excluding hydrogens is 442 g/mol. The molecule has 0 saturated carbocycles. The van der Waals surface area contributed by atoms with Crippen molar-refractivity contribution in [2.24, 2.45) is 0 Å². The molecule has 1 aliphatic heterocycles. The van der Waals surface area contributed by atoms with Crippen LogP contribution in [0, 0.1) is 0 Å². The summed E-state index contributed by atoms with van der Waals surface area (Å²) in [6.45, 7) is 11.3. The van der Waals surface area contributed by atoms with E-state index in [2.05, 4.69) is 17.1 Å². The monoisotopic (exact) mass is 475 g/mol. The average Bonchev–Trinajstić information content (AvgIpc) is 3.19. The van der Waals surface area contributed by atoms with Crippen molar-refractivity contribution in [1.29, 1.82) is 0 Å². The summed E-state index contributed by atoms with van der Waals surface area (Å²) in [5.74, 6) is 0.141. The van der Waals surface area contributed by atoms with E-state index >= 15 is 0 Å². The van der Waals surface area contributed by atoms with Crippen LogP contribution in [0.1, 0.15) is 56.1 Å². The number of pyridine rings is 2. The molecule has 3 aromatic rings. The van der Waals surface area contributed by atoms with Gasteiger partial charge in [0.2, 0.25) is 11.3 Å². The van der Waals surface area contributed by atoms with Crippen LogP contribution in [0.2, 0.25) is 0 Å². The summed E-state index contributed by atoms with van der Waals surface area (Å²) in [7, 11) is 0. The Kier molecular flexibility index (Phi) is 5.71. The molecule has 1 saturated heterocycles. The summed E-state index contributed by atoms with van der Waals surface area (Å²) in [5, 5.41) is 0.449. The topological polar surface area (TPSA) is 73.7 Å². The molecule has 0 N–H and O–H groups in total. The van der Waals surface area contributed by atoms with E-state index in [0.717, 1.165) is 12.8 Å². The molecule has 0 spiro atoms. The number of hydrogen-bond donors (Lipinski definition) is 0. The molecule has 0 bridgehead atoms. The lowest BCUT2D eigenvalue weighted by Gasteiger charge is -2.47. The lowest BCUT2D eigenvalue weighted by molar-refractivity contribution is -0.171. The van der Waals surface area contributed by atoms with E-state index in [-0.39, 0.29) is 23.0 Å². The number of ether oxygens (including phenoxy) is 2. The molecule has 3 heterocycles. The molecule has 7 heteroatoms. The number of carbonyl (C=O) groups excluding carboxylic acids is 1. The van der Waals surface area contributed by atoms with E-state index in [1.54, 1.807) is 23.4 Å². The Morgan fingerprint density at radius 2 is 1.74 bits per heavy atom. The number of amides is 1. The molecule has 5 rings (SSSR count). The number of hydrogen-bond acceptors (Lipinski definition) is 5. The van der Waals surface area contributed by atoms with E-state index in [4.69, 9.17) is 9.47 Å². The quantitative estimate of drug-likeness (QED) is 0.571. The van der Waals surface area contributed by atoms with Crippen LogP contribution in [0.3, 0.4) is 0 Å². The molecule has 184 valence electrons. The largest absolute Gasteiger partial charge is 0.474 e. The van der Waals surface area contributed by atoms with Gasteiger partial charge in [0.1, 0.15) is 11.7 Å². The Morgan fingerprint density at radius 3 is 2.34 bits per heavy atom. The first-order valence-corrected chi connectivity index (χ1v) is 12.3. The minimum Gasteiger partial charge on any atom is -0.474 e. The fourth-order valence-electron chi connectivity index (χ4n) is 5.62. The van der Waals surface area contributed by atoms with Gasteiger partial charge in [-0.2, -0.15) is 0 Å². The van der Waals surface area contributed by atoms with Gasteiger partial charge < -0.3 is 18.9 Å². The van der Waals surface area contributed by atoms with Gasteiger partial charge >= 0.3 is 0 Å². The van der Waals surface area contributed by atoms with E-state index in [9.17, 15) is 9.59 Å². The van der Waals surface area contributed by atoms with Crippen molar-refractivity contribution in [3.8, 4) is 5.88 Å². The molecular formula is C28H33N3O4. The first-order chi connectivity index (χ1) is 16.5. The lowest BCUT2D eigenvalue weighted by Crippen LogP contribution is -2.59. The first kappa shape index (κ1) is 23.5. The predicted octanol–water partition coefficient (Wildman–Crippen LogP) is 3.99. The maximum Gasteiger partial charge on any atom is 0.259 e. The number of nitrogens with zero attached hydrogens (tertiary/aromatic N) is 3. The maximum atomic E-state index is 13.6. The standard InChI is InChI=1S/C28H33N3O4/c1-6-30-15-22(26(33)31-16-27(2,3)35-28(4,5)17-31)25(32)21-13-24(29-14-23(21)30)34-20-11-18-9-7-8-10-19(18)12-20/h7-10,13-15,20H,6,11-12,16-17H2,1-5H3. The summed E-state index contributed by atoms with van der Waals surface area (Å²) in [5.41, 5.74) is 2.14. The molecule has 1 aromatic carbocycles. The number of benzene rings is 1. The minimum absolute atomic E-state index is 0.0200. The van der Waals surface area contributed by atoms with Gasteiger partial charge in [-0.1, -0.05) is 24.3 Å². The molecule has 0 atom stereocenters. The van der Waals surface area contributed by atoms with Crippen LogP contribution in [0.5, 0.6) is 5.88 Å². The molecule has 2 aromatic heterocycles. The van der Waals surface area contributed by atoms with Crippen LogP contribution in [-0.4, -0.2) is 50.8 Å². The predicted molar refractivity (Wildman–Crippen MR) is 135 cm³/mol. The van der Waals surface area contributed by atoms with Crippen molar-refractivity contribution >= 4 is 16.8 Å². The Hall–Kier alpha value is -3.19. The van der Waals surface area contributed by atoms with Crippen LogP contribution in [0.15, 0.2) is 47.5 Å². The fourth-order valence-corrected chi connectivity index (χ4v) is 5.62. The summed E-state index contributed by atoms with van der Waals surface area (Å²) in [6, 6.07) is 10.0. The van der Waals surface area contributed by atoms with Gasteiger partial charge in [0.05, 0.1) is 28.3 Å². The van der Waals surface area contributed by atoms with Gasteiger partial charge in [-0.25, -0.2) is 4.98 Å². The molecule has 0 unspecified atom stereocenters. The highest BCUT2D eigenvalue weighted by Crippen LogP contribution is 2.29. The van der Waals surface area contributed by atoms with Gasteiger partial charge in [-0.05, 0) is 45.7 Å². The molecule has 2 aliphatic rings. The summed E-state index contributed by atoms with van der Waals surface area (Å²) in [6.07, 6.45) is 4.95. The zero-order chi connectivity index (χ0) is 25.0. The van der Waals surface area contributed by atoms with E-state index < -0.39 is 11.2 Å². The molecule has 1 aliphatic carbocycles. The van der Waals surface area contributed by atoms with Crippen molar-refractivity contribution < 1.29 is 14.3 Å². The number of rotatable bonds is 4. The summed E-state index contributed by atoms with van der Waals surface area (Å²) >= 11 is 0. The van der Waals surface area contributed by atoms with Crippen LogP contribution in [0.25, 0.3) is 10.9 Å². The summed E-state index contributed by atoms with van der Waals surface area (Å²) < 4.78 is 14.2. The van der Waals surface area contributed by atoms with Crippen molar-refractivity contribution in [2.75, 3.05) is 13.1 Å². The molecule has 0 radical (unpaired) electrons. The Morgan fingerprint density at radius 1 is 1.11 bits per heavy atom. The van der Waals surface area contributed by atoms with Gasteiger partial charge in [0.15, 0.2) is 0 Å². The Balaban J connectivity index is 1.48. The van der Waals surface area contributed by atoms with Gasteiger partial charge in [0, 0.05) is 44.7 Å². The number of carbonyl (C=O) groups is 1. The number of fused-ring (bicyclic) bond motifs is 2. The average molecular weight is 476 g/mol. The van der Waals surface area contributed by atoms with Crippen LogP contribution in [0.4, 0.5) is 0 Å². The normalized spacial score (nSPS) is 19.1. The van der Waals surface area contributed by atoms with Gasteiger partial charge in [-0.3, -0.25) is 9.59 Å². The maximum absolute atomic E-state index is 13.6. The molecule has 1 fully saturated rings. The highest BCUT2D eigenvalue weighted by molar-refractivity contribution is 5.97. The third-order valence-corrected chi connectivity index (χ3v) is 6.80. The lowest BCUT2D eigenvalue weighted by atomic mass is 9.98. The zero-order valence-electron chi connectivity index (χ0n) is 21.1. The Bertz CT molecular complexity index is 1320. The van der Waals surface area contributed by atoms with E-state index in [1.165, 1.54) is 11.1 Å². The third-order valence-electron chi connectivity index (χ3n) is 6.80. The highest BCUT2D eigenvalue weighted by atomic mass is 16.5. The number of aryl methyl sites for hydroxylation is 1.